The first-order valence-electron chi connectivity index (χ1n) is 7.19. The number of aromatic nitrogens is 1. The van der Waals surface area contributed by atoms with Gasteiger partial charge in [-0.3, -0.25) is 9.59 Å². The van der Waals surface area contributed by atoms with Crippen LogP contribution in [0.25, 0.3) is 10.9 Å². The summed E-state index contributed by atoms with van der Waals surface area (Å²) in [7, 11) is 0. The Kier molecular flexibility index (Phi) is 5.08. The van der Waals surface area contributed by atoms with Crippen LogP contribution in [0.3, 0.4) is 0 Å². The number of hydrogen-bond acceptors (Lipinski definition) is 2. The number of benzene rings is 1. The van der Waals surface area contributed by atoms with Crippen molar-refractivity contribution < 1.29 is 14.7 Å². The summed E-state index contributed by atoms with van der Waals surface area (Å²) in [5.74, 6) is -1.20. The van der Waals surface area contributed by atoms with E-state index in [9.17, 15) is 9.59 Å². The molecule has 0 saturated carbocycles. The third kappa shape index (κ3) is 3.60. The molecule has 1 unspecified atom stereocenters. The molecule has 2 aromatic rings. The van der Waals surface area contributed by atoms with E-state index >= 15 is 0 Å². The Hall–Kier alpha value is -2.01. The summed E-state index contributed by atoms with van der Waals surface area (Å²) in [6.07, 6.45) is 2.63. The molecule has 1 atom stereocenters. The molecule has 0 fully saturated rings. The van der Waals surface area contributed by atoms with Crippen LogP contribution in [-0.4, -0.2) is 39.5 Å². The highest BCUT2D eigenvalue weighted by Crippen LogP contribution is 2.23. The number of nitrogens with one attached hydrogen (secondary N) is 1. The molecule has 22 heavy (non-hydrogen) atoms. The van der Waals surface area contributed by atoms with Crippen LogP contribution >= 0.6 is 11.6 Å². The quantitative estimate of drug-likeness (QED) is 0.858. The van der Waals surface area contributed by atoms with Gasteiger partial charge in [0.25, 0.3) is 0 Å². The summed E-state index contributed by atoms with van der Waals surface area (Å²) < 4.78 is 0. The number of carbonyl (C=O) groups is 2. The molecular weight excluding hydrogens is 304 g/mol. The first kappa shape index (κ1) is 16.4. The fourth-order valence-electron chi connectivity index (χ4n) is 2.42. The average molecular weight is 323 g/mol. The molecule has 1 amide bonds. The van der Waals surface area contributed by atoms with Gasteiger partial charge in [0.05, 0.1) is 6.42 Å². The van der Waals surface area contributed by atoms with Crippen LogP contribution in [0, 0.1) is 0 Å². The Bertz CT molecular complexity index is 696. The van der Waals surface area contributed by atoms with Crippen molar-refractivity contribution in [3.05, 3.63) is 35.0 Å². The highest BCUT2D eigenvalue weighted by Gasteiger charge is 2.22. The van der Waals surface area contributed by atoms with Crippen molar-refractivity contribution in [2.75, 3.05) is 6.54 Å². The molecule has 0 aliphatic rings. The zero-order valence-corrected chi connectivity index (χ0v) is 13.4. The van der Waals surface area contributed by atoms with Gasteiger partial charge in [0, 0.05) is 28.2 Å². The number of fused-ring (bicyclic) bond motifs is 1. The Morgan fingerprint density at radius 2 is 2.14 bits per heavy atom. The molecule has 1 aromatic heterocycles. The fraction of sp³-hybridized carbons (Fsp3) is 0.375. The monoisotopic (exact) mass is 322 g/mol. The number of H-pyrrole nitrogens is 1. The van der Waals surface area contributed by atoms with Crippen molar-refractivity contribution in [3.8, 4) is 0 Å². The number of carboxylic acid groups (broad SMARTS) is 1. The van der Waals surface area contributed by atoms with E-state index < -0.39 is 5.97 Å². The Balaban J connectivity index is 2.24. The van der Waals surface area contributed by atoms with Crippen LogP contribution in [-0.2, 0) is 16.0 Å². The van der Waals surface area contributed by atoms with E-state index in [1.54, 1.807) is 18.3 Å². The third-order valence-electron chi connectivity index (χ3n) is 3.82. The molecule has 118 valence electrons. The lowest BCUT2D eigenvalue weighted by atomic mass is 10.1. The van der Waals surface area contributed by atoms with Crippen molar-refractivity contribution in [1.29, 1.82) is 0 Å². The molecule has 0 saturated heterocycles. The second kappa shape index (κ2) is 6.83. The van der Waals surface area contributed by atoms with Gasteiger partial charge in [-0.05, 0) is 37.1 Å². The number of rotatable bonds is 6. The van der Waals surface area contributed by atoms with Crippen molar-refractivity contribution in [1.82, 2.24) is 9.88 Å². The number of aliphatic carboxylic acids is 1. The van der Waals surface area contributed by atoms with Gasteiger partial charge in [-0.25, -0.2) is 0 Å². The number of carboxylic acids is 1. The molecule has 0 aliphatic carbocycles. The SMILES string of the molecule is CCC(C)N(CC(=O)O)C(=O)Cc1c[nH]c2ccc(Cl)cc12. The lowest BCUT2D eigenvalue weighted by molar-refractivity contribution is -0.145. The maximum absolute atomic E-state index is 12.5. The van der Waals surface area contributed by atoms with Gasteiger partial charge in [-0.2, -0.15) is 0 Å². The molecule has 1 heterocycles. The molecule has 0 bridgehead atoms. The standard InChI is InChI=1S/C16H19ClN2O3/c1-3-10(2)19(9-16(21)22)15(20)6-11-8-18-14-5-4-12(17)7-13(11)14/h4-5,7-8,10,18H,3,6,9H2,1-2H3,(H,21,22). The highest BCUT2D eigenvalue weighted by molar-refractivity contribution is 6.31. The molecule has 2 N–H and O–H groups in total. The molecule has 6 heteroatoms. The van der Waals surface area contributed by atoms with Gasteiger partial charge >= 0.3 is 5.97 Å². The molecule has 1 aromatic carbocycles. The molecule has 0 radical (unpaired) electrons. The first-order valence-corrected chi connectivity index (χ1v) is 7.57. The summed E-state index contributed by atoms with van der Waals surface area (Å²) in [5, 5.41) is 10.5. The van der Waals surface area contributed by atoms with Crippen LogP contribution in [0.1, 0.15) is 25.8 Å². The van der Waals surface area contributed by atoms with E-state index in [-0.39, 0.29) is 24.9 Å². The summed E-state index contributed by atoms with van der Waals surface area (Å²) in [5.41, 5.74) is 1.72. The van der Waals surface area contributed by atoms with Crippen molar-refractivity contribution in [2.45, 2.75) is 32.7 Å². The minimum Gasteiger partial charge on any atom is -0.480 e. The number of aromatic amines is 1. The van der Waals surface area contributed by atoms with Crippen molar-refractivity contribution in [2.24, 2.45) is 0 Å². The van der Waals surface area contributed by atoms with E-state index in [0.717, 1.165) is 16.5 Å². The van der Waals surface area contributed by atoms with E-state index in [1.165, 1.54) is 4.90 Å². The van der Waals surface area contributed by atoms with E-state index in [4.69, 9.17) is 16.7 Å². The highest BCUT2D eigenvalue weighted by atomic mass is 35.5. The van der Waals surface area contributed by atoms with Crippen LogP contribution < -0.4 is 0 Å². The largest absolute Gasteiger partial charge is 0.480 e. The summed E-state index contributed by atoms with van der Waals surface area (Å²) >= 11 is 6.00. The predicted molar refractivity (Wildman–Crippen MR) is 86.1 cm³/mol. The van der Waals surface area contributed by atoms with Crippen molar-refractivity contribution in [3.63, 3.8) is 0 Å². The van der Waals surface area contributed by atoms with Gasteiger partial charge in [0.1, 0.15) is 6.54 Å². The minimum absolute atomic E-state index is 0.114. The van der Waals surface area contributed by atoms with Gasteiger partial charge < -0.3 is 15.0 Å². The summed E-state index contributed by atoms with van der Waals surface area (Å²) in [6, 6.07) is 5.33. The second-order valence-electron chi connectivity index (χ2n) is 5.35. The number of nitrogens with zero attached hydrogens (tertiary/aromatic N) is 1. The molecule has 0 aliphatic heterocycles. The first-order chi connectivity index (χ1) is 10.4. The Morgan fingerprint density at radius 3 is 2.77 bits per heavy atom. The number of carbonyl (C=O) groups excluding carboxylic acids is 1. The zero-order chi connectivity index (χ0) is 16.3. The molecule has 5 nitrogen and oxygen atoms in total. The average Bonchev–Trinajstić information content (AvgIpc) is 2.86. The van der Waals surface area contributed by atoms with Crippen LogP contribution in [0.15, 0.2) is 24.4 Å². The van der Waals surface area contributed by atoms with Crippen molar-refractivity contribution >= 4 is 34.4 Å². The van der Waals surface area contributed by atoms with Gasteiger partial charge in [0.2, 0.25) is 5.91 Å². The van der Waals surface area contributed by atoms with Crippen LogP contribution in [0.2, 0.25) is 5.02 Å². The maximum atomic E-state index is 12.5. The summed E-state index contributed by atoms with van der Waals surface area (Å²) in [4.78, 5) is 28.0. The van der Waals surface area contributed by atoms with Gasteiger partial charge in [-0.1, -0.05) is 18.5 Å². The van der Waals surface area contributed by atoms with Crippen LogP contribution in [0.5, 0.6) is 0 Å². The Morgan fingerprint density at radius 1 is 1.41 bits per heavy atom. The molecule has 0 spiro atoms. The topological polar surface area (TPSA) is 73.4 Å². The summed E-state index contributed by atoms with van der Waals surface area (Å²) in [6.45, 7) is 3.50. The lowest BCUT2D eigenvalue weighted by Gasteiger charge is -2.27. The van der Waals surface area contributed by atoms with E-state index in [0.29, 0.717) is 11.4 Å². The molecule has 2 rings (SSSR count). The smallest absolute Gasteiger partial charge is 0.323 e. The second-order valence-corrected chi connectivity index (χ2v) is 5.79. The van der Waals surface area contributed by atoms with E-state index in [1.807, 2.05) is 19.9 Å². The zero-order valence-electron chi connectivity index (χ0n) is 12.6. The van der Waals surface area contributed by atoms with E-state index in [2.05, 4.69) is 4.98 Å². The molecular formula is C16H19ClN2O3. The normalized spacial score (nSPS) is 12.3. The van der Waals surface area contributed by atoms with Crippen LogP contribution in [0.4, 0.5) is 0 Å². The maximum Gasteiger partial charge on any atom is 0.323 e. The minimum atomic E-state index is -1.00. The fourth-order valence-corrected chi connectivity index (χ4v) is 2.59. The van der Waals surface area contributed by atoms with Gasteiger partial charge in [-0.15, -0.1) is 0 Å². The Labute approximate surface area is 133 Å². The number of hydrogen-bond donors (Lipinski definition) is 2. The van der Waals surface area contributed by atoms with Gasteiger partial charge in [0.15, 0.2) is 0 Å². The lowest BCUT2D eigenvalue weighted by Crippen LogP contribution is -2.42. The number of halogens is 1. The third-order valence-corrected chi connectivity index (χ3v) is 4.06. The predicted octanol–water partition coefficient (Wildman–Crippen LogP) is 3.08. The number of amides is 1.